The van der Waals surface area contributed by atoms with Gasteiger partial charge in [-0.2, -0.15) is 0 Å². The zero-order valence-electron chi connectivity index (χ0n) is 11.9. The summed E-state index contributed by atoms with van der Waals surface area (Å²) in [5, 5.41) is 5.76. The van der Waals surface area contributed by atoms with Crippen molar-refractivity contribution in [2.24, 2.45) is 0 Å². The van der Waals surface area contributed by atoms with Crippen LogP contribution >= 0.6 is 0 Å². The molecule has 0 spiro atoms. The van der Waals surface area contributed by atoms with Gasteiger partial charge in [-0.15, -0.1) is 0 Å². The van der Waals surface area contributed by atoms with E-state index in [1.54, 1.807) is 24.3 Å². The standard InChI is InChI=1S/C15H20N2O3/c1-11(18)12-3-5-13(6-4-12)16-14(19)17-15(2)7-9-20-10-8-15/h3-6H,7-10H2,1-2H3,(H2,16,17,19). The lowest BCUT2D eigenvalue weighted by atomic mass is 9.93. The van der Waals surface area contributed by atoms with Crippen LogP contribution in [0.2, 0.25) is 0 Å². The second-order valence-electron chi connectivity index (χ2n) is 5.39. The first-order chi connectivity index (χ1) is 9.48. The summed E-state index contributed by atoms with van der Waals surface area (Å²) in [6, 6.07) is 6.62. The minimum atomic E-state index is -0.232. The fraction of sp³-hybridized carbons (Fsp3) is 0.467. The summed E-state index contributed by atoms with van der Waals surface area (Å²) in [4.78, 5) is 23.1. The third-order valence-electron chi connectivity index (χ3n) is 3.56. The summed E-state index contributed by atoms with van der Waals surface area (Å²) in [5.41, 5.74) is 1.08. The number of benzene rings is 1. The molecule has 2 rings (SSSR count). The molecule has 0 aliphatic carbocycles. The molecule has 0 radical (unpaired) electrons. The van der Waals surface area contributed by atoms with Gasteiger partial charge in [0.2, 0.25) is 0 Å². The molecule has 1 aromatic rings. The van der Waals surface area contributed by atoms with Gasteiger partial charge in [-0.1, -0.05) is 0 Å². The fourth-order valence-corrected chi connectivity index (χ4v) is 2.17. The van der Waals surface area contributed by atoms with Crippen molar-refractivity contribution in [2.75, 3.05) is 18.5 Å². The van der Waals surface area contributed by atoms with Gasteiger partial charge in [-0.05, 0) is 51.0 Å². The van der Waals surface area contributed by atoms with Crippen molar-refractivity contribution in [1.29, 1.82) is 0 Å². The van der Waals surface area contributed by atoms with Crippen molar-refractivity contribution in [1.82, 2.24) is 5.32 Å². The van der Waals surface area contributed by atoms with E-state index in [0.717, 1.165) is 12.8 Å². The van der Waals surface area contributed by atoms with Crippen LogP contribution < -0.4 is 10.6 Å². The molecule has 1 fully saturated rings. The predicted molar refractivity (Wildman–Crippen MR) is 77.1 cm³/mol. The molecule has 2 amide bonds. The quantitative estimate of drug-likeness (QED) is 0.834. The van der Waals surface area contributed by atoms with Crippen LogP contribution in [-0.4, -0.2) is 30.6 Å². The van der Waals surface area contributed by atoms with Gasteiger partial charge >= 0.3 is 6.03 Å². The second kappa shape index (κ2) is 6.05. The molecule has 0 unspecified atom stereocenters. The summed E-state index contributed by atoms with van der Waals surface area (Å²) >= 11 is 0. The third-order valence-corrected chi connectivity index (χ3v) is 3.56. The van der Waals surface area contributed by atoms with Crippen LogP contribution in [0.15, 0.2) is 24.3 Å². The largest absolute Gasteiger partial charge is 0.381 e. The molecule has 1 heterocycles. The molecule has 5 heteroatoms. The monoisotopic (exact) mass is 276 g/mol. The fourth-order valence-electron chi connectivity index (χ4n) is 2.17. The SMILES string of the molecule is CC(=O)c1ccc(NC(=O)NC2(C)CCOCC2)cc1. The van der Waals surface area contributed by atoms with Crippen LogP contribution in [0, 0.1) is 0 Å². The minimum Gasteiger partial charge on any atom is -0.381 e. The average Bonchev–Trinajstić information content (AvgIpc) is 2.39. The zero-order chi connectivity index (χ0) is 14.6. The first kappa shape index (κ1) is 14.5. The van der Waals surface area contributed by atoms with Gasteiger partial charge in [-0.3, -0.25) is 4.79 Å². The molecule has 0 aromatic heterocycles. The molecule has 0 atom stereocenters. The molecule has 1 saturated heterocycles. The number of carbonyl (C=O) groups is 2. The van der Waals surface area contributed by atoms with Gasteiger partial charge in [-0.25, -0.2) is 4.79 Å². The number of urea groups is 1. The highest BCUT2D eigenvalue weighted by Gasteiger charge is 2.28. The summed E-state index contributed by atoms with van der Waals surface area (Å²) in [5.74, 6) is 0.00992. The molecule has 1 aliphatic rings. The Bertz CT molecular complexity index is 490. The van der Waals surface area contributed by atoms with E-state index >= 15 is 0 Å². The van der Waals surface area contributed by atoms with Crippen LogP contribution in [0.3, 0.4) is 0 Å². The van der Waals surface area contributed by atoms with Crippen molar-refractivity contribution >= 4 is 17.5 Å². The Morgan fingerprint density at radius 1 is 1.15 bits per heavy atom. The maximum absolute atomic E-state index is 12.0. The second-order valence-corrected chi connectivity index (χ2v) is 5.39. The number of nitrogens with one attached hydrogen (secondary N) is 2. The number of anilines is 1. The molecular formula is C15H20N2O3. The van der Waals surface area contributed by atoms with E-state index in [0.29, 0.717) is 24.5 Å². The maximum atomic E-state index is 12.0. The van der Waals surface area contributed by atoms with Crippen molar-refractivity contribution < 1.29 is 14.3 Å². The van der Waals surface area contributed by atoms with Crippen molar-refractivity contribution in [3.05, 3.63) is 29.8 Å². The Morgan fingerprint density at radius 3 is 2.30 bits per heavy atom. The zero-order valence-corrected chi connectivity index (χ0v) is 11.9. The van der Waals surface area contributed by atoms with E-state index in [1.165, 1.54) is 6.92 Å². The van der Waals surface area contributed by atoms with E-state index in [9.17, 15) is 9.59 Å². The molecule has 1 aliphatic heterocycles. The average molecular weight is 276 g/mol. The van der Waals surface area contributed by atoms with Gasteiger partial charge in [0.15, 0.2) is 5.78 Å². The van der Waals surface area contributed by atoms with E-state index in [2.05, 4.69) is 10.6 Å². The van der Waals surface area contributed by atoms with E-state index < -0.39 is 0 Å². The number of amides is 2. The predicted octanol–water partition coefficient (Wildman–Crippen LogP) is 2.58. The number of rotatable bonds is 3. The molecule has 20 heavy (non-hydrogen) atoms. The molecule has 0 saturated carbocycles. The number of hydrogen-bond acceptors (Lipinski definition) is 3. The molecule has 108 valence electrons. The Labute approximate surface area is 118 Å². The van der Waals surface area contributed by atoms with Gasteiger partial charge in [0.05, 0.1) is 0 Å². The minimum absolute atomic E-state index is 0.00992. The lowest BCUT2D eigenvalue weighted by molar-refractivity contribution is 0.0499. The van der Waals surface area contributed by atoms with Gasteiger partial charge < -0.3 is 15.4 Å². The Morgan fingerprint density at radius 2 is 1.75 bits per heavy atom. The molecule has 0 bridgehead atoms. The van der Waals surface area contributed by atoms with Crippen LogP contribution in [0.25, 0.3) is 0 Å². The summed E-state index contributed by atoms with van der Waals surface area (Å²) < 4.78 is 5.30. The third kappa shape index (κ3) is 3.81. The Balaban J connectivity index is 1.92. The van der Waals surface area contributed by atoms with Crippen molar-refractivity contribution in [2.45, 2.75) is 32.2 Å². The number of hydrogen-bond donors (Lipinski definition) is 2. The number of ketones is 1. The summed E-state index contributed by atoms with van der Waals surface area (Å²) in [7, 11) is 0. The lowest BCUT2D eigenvalue weighted by Crippen LogP contribution is -2.51. The van der Waals surface area contributed by atoms with Crippen LogP contribution in [0.1, 0.15) is 37.0 Å². The molecule has 5 nitrogen and oxygen atoms in total. The smallest absolute Gasteiger partial charge is 0.319 e. The molecule has 1 aromatic carbocycles. The molecular weight excluding hydrogens is 256 g/mol. The van der Waals surface area contributed by atoms with Crippen LogP contribution in [-0.2, 0) is 4.74 Å². The molecule has 2 N–H and O–H groups in total. The van der Waals surface area contributed by atoms with E-state index in [-0.39, 0.29) is 17.4 Å². The topological polar surface area (TPSA) is 67.4 Å². The Hall–Kier alpha value is -1.88. The van der Waals surface area contributed by atoms with Gasteiger partial charge in [0.1, 0.15) is 0 Å². The van der Waals surface area contributed by atoms with Crippen LogP contribution in [0.5, 0.6) is 0 Å². The summed E-state index contributed by atoms with van der Waals surface area (Å²) in [6.45, 7) is 4.88. The number of Topliss-reactive ketones (excluding diaryl/α,β-unsaturated/α-hetero) is 1. The van der Waals surface area contributed by atoms with Crippen molar-refractivity contribution in [3.8, 4) is 0 Å². The van der Waals surface area contributed by atoms with Crippen molar-refractivity contribution in [3.63, 3.8) is 0 Å². The number of ether oxygens (including phenoxy) is 1. The summed E-state index contributed by atoms with van der Waals surface area (Å²) in [6.07, 6.45) is 1.62. The van der Waals surface area contributed by atoms with Gasteiger partial charge in [0, 0.05) is 30.0 Å². The first-order valence-corrected chi connectivity index (χ1v) is 6.76. The highest BCUT2D eigenvalue weighted by atomic mass is 16.5. The van der Waals surface area contributed by atoms with Crippen LogP contribution in [0.4, 0.5) is 10.5 Å². The first-order valence-electron chi connectivity index (χ1n) is 6.76. The normalized spacial score (nSPS) is 17.3. The number of carbonyl (C=O) groups excluding carboxylic acids is 2. The lowest BCUT2D eigenvalue weighted by Gasteiger charge is -2.34. The van der Waals surface area contributed by atoms with Gasteiger partial charge in [0.25, 0.3) is 0 Å². The highest BCUT2D eigenvalue weighted by Crippen LogP contribution is 2.20. The highest BCUT2D eigenvalue weighted by molar-refractivity contribution is 5.95. The Kier molecular flexibility index (Phi) is 4.39. The van der Waals surface area contributed by atoms with E-state index in [4.69, 9.17) is 4.74 Å². The maximum Gasteiger partial charge on any atom is 0.319 e. The van der Waals surface area contributed by atoms with E-state index in [1.807, 2.05) is 6.92 Å².